The van der Waals surface area contributed by atoms with E-state index in [-0.39, 0.29) is 11.7 Å². The van der Waals surface area contributed by atoms with Gasteiger partial charge in [-0.05, 0) is 55.3 Å². The van der Waals surface area contributed by atoms with Gasteiger partial charge in [0, 0.05) is 11.3 Å². The van der Waals surface area contributed by atoms with Gasteiger partial charge in [-0.2, -0.15) is 0 Å². The molecule has 0 aliphatic carbocycles. The standard InChI is InChI=1S/C19H21N5O2S/c1-12-5-4-6-16(13(12)2)21-17(25)11-27-19-23-22-18(24(19)20)14-7-9-15(26-3)10-8-14/h4-10H,11,20H2,1-3H3,(H,21,25). The molecule has 3 aromatic rings. The molecule has 0 atom stereocenters. The number of ether oxygens (including phenoxy) is 1. The van der Waals surface area contributed by atoms with E-state index in [4.69, 9.17) is 10.6 Å². The topological polar surface area (TPSA) is 95.1 Å². The Balaban J connectivity index is 1.65. The number of hydrogen-bond donors (Lipinski definition) is 2. The number of rotatable bonds is 6. The quantitative estimate of drug-likeness (QED) is 0.502. The number of thioether (sulfide) groups is 1. The summed E-state index contributed by atoms with van der Waals surface area (Å²) < 4.78 is 6.53. The summed E-state index contributed by atoms with van der Waals surface area (Å²) in [4.78, 5) is 12.3. The number of aromatic nitrogens is 3. The van der Waals surface area contributed by atoms with Crippen LogP contribution >= 0.6 is 11.8 Å². The summed E-state index contributed by atoms with van der Waals surface area (Å²) >= 11 is 1.24. The largest absolute Gasteiger partial charge is 0.497 e. The number of methoxy groups -OCH3 is 1. The molecule has 8 heteroatoms. The molecule has 0 saturated carbocycles. The zero-order valence-corrected chi connectivity index (χ0v) is 16.2. The summed E-state index contributed by atoms with van der Waals surface area (Å²) in [5.41, 5.74) is 3.82. The second-order valence-corrected chi connectivity index (χ2v) is 6.93. The van der Waals surface area contributed by atoms with Crippen LogP contribution < -0.4 is 15.9 Å². The Morgan fingerprint density at radius 2 is 1.93 bits per heavy atom. The van der Waals surface area contributed by atoms with Gasteiger partial charge in [0.1, 0.15) is 5.75 Å². The number of carbonyl (C=O) groups excluding carboxylic acids is 1. The van der Waals surface area contributed by atoms with Crippen molar-refractivity contribution in [2.24, 2.45) is 0 Å². The van der Waals surface area contributed by atoms with Gasteiger partial charge in [0.2, 0.25) is 11.1 Å². The molecule has 0 aliphatic heterocycles. The van der Waals surface area contributed by atoms with E-state index in [1.165, 1.54) is 16.4 Å². The van der Waals surface area contributed by atoms with Crippen LogP contribution in [-0.4, -0.2) is 33.6 Å². The first-order valence-electron chi connectivity index (χ1n) is 8.33. The van der Waals surface area contributed by atoms with Crippen LogP contribution in [0.15, 0.2) is 47.6 Å². The third-order valence-corrected chi connectivity index (χ3v) is 5.17. The molecule has 7 nitrogen and oxygen atoms in total. The Morgan fingerprint density at radius 3 is 2.63 bits per heavy atom. The smallest absolute Gasteiger partial charge is 0.234 e. The van der Waals surface area contributed by atoms with Crippen LogP contribution in [0.4, 0.5) is 5.69 Å². The fourth-order valence-electron chi connectivity index (χ4n) is 2.52. The van der Waals surface area contributed by atoms with Crippen LogP contribution in [0.2, 0.25) is 0 Å². The van der Waals surface area contributed by atoms with Crippen molar-refractivity contribution >= 4 is 23.4 Å². The zero-order valence-electron chi connectivity index (χ0n) is 15.4. The highest BCUT2D eigenvalue weighted by molar-refractivity contribution is 7.99. The highest BCUT2D eigenvalue weighted by Crippen LogP contribution is 2.24. The van der Waals surface area contributed by atoms with Crippen LogP contribution in [0, 0.1) is 13.8 Å². The number of nitrogens with one attached hydrogen (secondary N) is 1. The van der Waals surface area contributed by atoms with Gasteiger partial charge in [0.15, 0.2) is 5.82 Å². The van der Waals surface area contributed by atoms with E-state index in [0.717, 1.165) is 28.1 Å². The predicted octanol–water partition coefficient (Wildman–Crippen LogP) is 3.02. The molecule has 0 fully saturated rings. The number of aryl methyl sites for hydroxylation is 1. The molecule has 140 valence electrons. The van der Waals surface area contributed by atoms with E-state index in [9.17, 15) is 4.79 Å². The third kappa shape index (κ3) is 4.22. The van der Waals surface area contributed by atoms with Crippen molar-refractivity contribution in [2.75, 3.05) is 24.0 Å². The molecule has 3 N–H and O–H groups in total. The number of nitrogens with zero attached hydrogens (tertiary/aromatic N) is 3. The zero-order chi connectivity index (χ0) is 19.4. The maximum Gasteiger partial charge on any atom is 0.234 e. The van der Waals surface area contributed by atoms with Gasteiger partial charge in [-0.1, -0.05) is 23.9 Å². The number of carbonyl (C=O) groups is 1. The Hall–Kier alpha value is -3.00. The monoisotopic (exact) mass is 383 g/mol. The average Bonchev–Trinajstić information content (AvgIpc) is 3.04. The minimum Gasteiger partial charge on any atom is -0.497 e. The number of nitrogens with two attached hydrogens (primary N) is 1. The van der Waals surface area contributed by atoms with Gasteiger partial charge < -0.3 is 15.9 Å². The SMILES string of the molecule is COc1ccc(-c2nnc(SCC(=O)Nc3cccc(C)c3C)n2N)cc1. The molecule has 3 rings (SSSR count). The highest BCUT2D eigenvalue weighted by Gasteiger charge is 2.14. The van der Waals surface area contributed by atoms with E-state index in [2.05, 4.69) is 15.5 Å². The fourth-order valence-corrected chi connectivity index (χ4v) is 3.17. The number of nitrogen functional groups attached to an aromatic ring is 1. The van der Waals surface area contributed by atoms with Crippen molar-refractivity contribution in [2.45, 2.75) is 19.0 Å². The molecule has 0 radical (unpaired) electrons. The molecule has 0 unspecified atom stereocenters. The summed E-state index contributed by atoms with van der Waals surface area (Å²) in [6.07, 6.45) is 0. The lowest BCUT2D eigenvalue weighted by Gasteiger charge is -2.10. The van der Waals surface area contributed by atoms with Crippen molar-refractivity contribution in [1.82, 2.24) is 14.9 Å². The lowest BCUT2D eigenvalue weighted by Crippen LogP contribution is -2.17. The van der Waals surface area contributed by atoms with Gasteiger partial charge in [-0.15, -0.1) is 10.2 Å². The van der Waals surface area contributed by atoms with Crippen LogP contribution in [0.1, 0.15) is 11.1 Å². The summed E-state index contributed by atoms with van der Waals surface area (Å²) in [7, 11) is 1.61. The molecule has 1 aromatic heterocycles. The maximum absolute atomic E-state index is 12.3. The van der Waals surface area contributed by atoms with Crippen molar-refractivity contribution in [3.05, 3.63) is 53.6 Å². The Morgan fingerprint density at radius 1 is 1.19 bits per heavy atom. The Labute approximate surface area is 161 Å². The van der Waals surface area contributed by atoms with Gasteiger partial charge in [0.05, 0.1) is 12.9 Å². The van der Waals surface area contributed by atoms with Crippen LogP contribution in [0.3, 0.4) is 0 Å². The average molecular weight is 383 g/mol. The van der Waals surface area contributed by atoms with E-state index >= 15 is 0 Å². The molecule has 0 spiro atoms. The van der Waals surface area contributed by atoms with Crippen LogP contribution in [0.25, 0.3) is 11.4 Å². The van der Waals surface area contributed by atoms with Gasteiger partial charge in [-0.3, -0.25) is 4.79 Å². The first-order chi connectivity index (χ1) is 13.0. The van der Waals surface area contributed by atoms with Gasteiger partial charge in [-0.25, -0.2) is 4.68 Å². The molecule has 1 amide bonds. The highest BCUT2D eigenvalue weighted by atomic mass is 32.2. The van der Waals surface area contributed by atoms with E-state index in [0.29, 0.717) is 11.0 Å². The summed E-state index contributed by atoms with van der Waals surface area (Å²) in [5.74, 6) is 7.43. The molecule has 2 aromatic carbocycles. The van der Waals surface area contributed by atoms with Crippen molar-refractivity contribution < 1.29 is 9.53 Å². The van der Waals surface area contributed by atoms with Gasteiger partial charge in [0.25, 0.3) is 0 Å². The lowest BCUT2D eigenvalue weighted by molar-refractivity contribution is -0.113. The van der Waals surface area contributed by atoms with E-state index in [1.807, 2.05) is 56.3 Å². The van der Waals surface area contributed by atoms with Crippen molar-refractivity contribution in [3.63, 3.8) is 0 Å². The first kappa shape index (κ1) is 18.8. The summed E-state index contributed by atoms with van der Waals surface area (Å²) in [6, 6.07) is 13.2. The first-order valence-corrected chi connectivity index (χ1v) is 9.32. The Bertz CT molecular complexity index is 953. The fraction of sp³-hybridized carbons (Fsp3) is 0.211. The molecule has 27 heavy (non-hydrogen) atoms. The lowest BCUT2D eigenvalue weighted by atomic mass is 10.1. The molecule has 1 heterocycles. The Kier molecular flexibility index (Phi) is 5.66. The second-order valence-electron chi connectivity index (χ2n) is 5.99. The normalized spacial score (nSPS) is 10.6. The molecule has 0 aliphatic rings. The predicted molar refractivity (Wildman–Crippen MR) is 107 cm³/mol. The van der Waals surface area contributed by atoms with E-state index in [1.54, 1.807) is 7.11 Å². The van der Waals surface area contributed by atoms with Crippen LogP contribution in [-0.2, 0) is 4.79 Å². The number of anilines is 1. The summed E-state index contributed by atoms with van der Waals surface area (Å²) in [6.45, 7) is 3.99. The molecular weight excluding hydrogens is 362 g/mol. The number of benzene rings is 2. The van der Waals surface area contributed by atoms with Crippen molar-refractivity contribution in [3.8, 4) is 17.1 Å². The second kappa shape index (κ2) is 8.13. The molecular formula is C19H21N5O2S. The minimum absolute atomic E-state index is 0.123. The molecule has 0 bridgehead atoms. The summed E-state index contributed by atoms with van der Waals surface area (Å²) in [5, 5.41) is 11.6. The van der Waals surface area contributed by atoms with Gasteiger partial charge >= 0.3 is 0 Å². The maximum atomic E-state index is 12.3. The molecule has 0 saturated heterocycles. The number of amides is 1. The van der Waals surface area contributed by atoms with E-state index < -0.39 is 0 Å². The minimum atomic E-state index is -0.123. The third-order valence-electron chi connectivity index (χ3n) is 4.22. The van der Waals surface area contributed by atoms with Crippen LogP contribution in [0.5, 0.6) is 5.75 Å². The number of hydrogen-bond acceptors (Lipinski definition) is 6. The van der Waals surface area contributed by atoms with Crippen molar-refractivity contribution in [1.29, 1.82) is 0 Å².